The van der Waals surface area contributed by atoms with E-state index in [1.807, 2.05) is 19.1 Å². The van der Waals surface area contributed by atoms with E-state index in [2.05, 4.69) is 5.32 Å². The Labute approximate surface area is 272 Å². The number of carboxylic acids is 1. The fraction of sp³-hybridized carbons (Fsp3) is 0.324. The summed E-state index contributed by atoms with van der Waals surface area (Å²) in [6, 6.07) is 18.4. The van der Waals surface area contributed by atoms with Crippen LogP contribution in [0.4, 0.5) is 0 Å². The van der Waals surface area contributed by atoms with Crippen molar-refractivity contribution in [1.82, 2.24) is 14.6 Å². The van der Waals surface area contributed by atoms with Gasteiger partial charge in [-0.25, -0.2) is 18.2 Å². The van der Waals surface area contributed by atoms with Gasteiger partial charge in [-0.2, -0.15) is 4.31 Å². The maximum Gasteiger partial charge on any atom is 0.326 e. The number of pyridine rings is 1. The summed E-state index contributed by atoms with van der Waals surface area (Å²) < 4.78 is 29.2. The largest absolute Gasteiger partial charge is 0.480 e. The summed E-state index contributed by atoms with van der Waals surface area (Å²) in [5, 5.41) is 14.5. The van der Waals surface area contributed by atoms with Crippen molar-refractivity contribution in [2.24, 2.45) is 5.92 Å². The quantitative estimate of drug-likeness (QED) is 0.218. The van der Waals surface area contributed by atoms with Gasteiger partial charge in [-0.15, -0.1) is 0 Å². The van der Waals surface area contributed by atoms with Gasteiger partial charge in [0.25, 0.3) is 0 Å². The van der Waals surface area contributed by atoms with Gasteiger partial charge >= 0.3 is 5.97 Å². The Morgan fingerprint density at radius 3 is 2.42 bits per heavy atom. The Kier molecular flexibility index (Phi) is 8.89. The van der Waals surface area contributed by atoms with Gasteiger partial charge in [0.15, 0.2) is 0 Å². The number of aromatic nitrogens is 1. The van der Waals surface area contributed by atoms with E-state index in [1.165, 1.54) is 4.31 Å². The minimum absolute atomic E-state index is 0.0133. The van der Waals surface area contributed by atoms with Crippen molar-refractivity contribution in [2.75, 3.05) is 0 Å². The number of hydrogen-bond acceptors (Lipinski definition) is 5. The third-order valence-electron chi connectivity index (χ3n) is 8.95. The van der Waals surface area contributed by atoms with Crippen molar-refractivity contribution < 1.29 is 23.1 Å². The number of fused-ring (bicyclic) bond motifs is 2. The van der Waals surface area contributed by atoms with Gasteiger partial charge in [0.1, 0.15) is 12.1 Å². The van der Waals surface area contributed by atoms with Crippen molar-refractivity contribution in [1.29, 1.82) is 0 Å². The molecular formula is C34H33Cl2N3O5S. The van der Waals surface area contributed by atoms with Crippen LogP contribution < -0.4 is 5.32 Å². The third-order valence-corrected chi connectivity index (χ3v) is 11.5. The molecule has 1 amide bonds. The molecule has 1 saturated heterocycles. The summed E-state index contributed by atoms with van der Waals surface area (Å²) in [6.07, 6.45) is 3.77. The van der Waals surface area contributed by atoms with Crippen LogP contribution in [-0.4, -0.2) is 52.8 Å². The van der Waals surface area contributed by atoms with Crippen LogP contribution in [0.15, 0.2) is 77.7 Å². The third kappa shape index (κ3) is 6.31. The molecule has 45 heavy (non-hydrogen) atoms. The number of nitrogens with zero attached hydrogens (tertiary/aromatic N) is 2. The number of carbonyl (C=O) groups excluding carboxylic acids is 1. The molecule has 1 aliphatic heterocycles. The number of carbonyl (C=O) groups is 2. The molecule has 0 bridgehead atoms. The van der Waals surface area contributed by atoms with E-state index in [1.54, 1.807) is 60.7 Å². The second-order valence-corrected chi connectivity index (χ2v) is 14.6. The molecule has 2 heterocycles. The topological polar surface area (TPSA) is 117 Å². The molecule has 4 unspecified atom stereocenters. The molecule has 0 radical (unpaired) electrons. The van der Waals surface area contributed by atoms with E-state index in [9.17, 15) is 23.1 Å². The first kappa shape index (κ1) is 31.5. The summed E-state index contributed by atoms with van der Waals surface area (Å²) in [7, 11) is -3.99. The molecule has 2 aliphatic rings. The number of benzene rings is 3. The van der Waals surface area contributed by atoms with Gasteiger partial charge < -0.3 is 10.4 Å². The van der Waals surface area contributed by atoms with E-state index in [0.29, 0.717) is 45.2 Å². The lowest BCUT2D eigenvalue weighted by Crippen LogP contribution is -2.53. The Morgan fingerprint density at radius 2 is 1.71 bits per heavy atom. The lowest BCUT2D eigenvalue weighted by molar-refractivity contribution is -0.142. The molecule has 4 aromatic rings. The standard InChI is InChI=1S/C34H33Cl2N3O5S/c1-20-9-13-24(14-10-20)45(43,44)39-30-8-3-2-5-23(30)19-31(39)33(40)38-29(34(41)42)18-21-11-15-27-22(17-21)12-16-28(37-27)32-25(35)6-4-7-26(32)36/h4,6-7,9-17,23,29-31H,2-3,5,8,18-19H2,1H3,(H,38,40)(H,41,42). The van der Waals surface area contributed by atoms with Gasteiger partial charge in [-0.3, -0.25) is 4.79 Å². The minimum Gasteiger partial charge on any atom is -0.480 e. The van der Waals surface area contributed by atoms with Gasteiger partial charge in [-0.1, -0.05) is 71.9 Å². The number of amides is 1. The molecular weight excluding hydrogens is 633 g/mol. The normalized spacial score (nSPS) is 20.9. The summed E-state index contributed by atoms with van der Waals surface area (Å²) in [5.74, 6) is -1.73. The lowest BCUT2D eigenvalue weighted by atomic mass is 9.85. The van der Waals surface area contributed by atoms with E-state index in [-0.39, 0.29) is 23.3 Å². The number of halogens is 2. The molecule has 2 N–H and O–H groups in total. The van der Waals surface area contributed by atoms with Crippen LogP contribution in [-0.2, 0) is 26.0 Å². The van der Waals surface area contributed by atoms with Gasteiger partial charge in [0.2, 0.25) is 15.9 Å². The molecule has 0 spiro atoms. The number of hydrogen-bond donors (Lipinski definition) is 2. The average molecular weight is 667 g/mol. The SMILES string of the molecule is Cc1ccc(S(=O)(=O)N2C(C(=O)NC(Cc3ccc4nc(-c5c(Cl)cccc5Cl)ccc4c3)C(=O)O)CC3CCCCC32)cc1. The van der Waals surface area contributed by atoms with Crippen molar-refractivity contribution in [3.63, 3.8) is 0 Å². The Balaban J connectivity index is 1.24. The van der Waals surface area contributed by atoms with Crippen LogP contribution >= 0.6 is 23.2 Å². The highest BCUT2D eigenvalue weighted by Crippen LogP contribution is 2.43. The van der Waals surface area contributed by atoms with Crippen molar-refractivity contribution in [3.8, 4) is 11.3 Å². The van der Waals surface area contributed by atoms with E-state index >= 15 is 0 Å². The minimum atomic E-state index is -3.99. The second-order valence-electron chi connectivity index (χ2n) is 11.9. The number of sulfonamides is 1. The molecule has 234 valence electrons. The highest BCUT2D eigenvalue weighted by molar-refractivity contribution is 7.89. The predicted molar refractivity (Wildman–Crippen MR) is 175 cm³/mol. The number of aliphatic carboxylic acids is 1. The monoisotopic (exact) mass is 665 g/mol. The molecule has 11 heteroatoms. The highest BCUT2D eigenvalue weighted by atomic mass is 35.5. The number of rotatable bonds is 8. The first-order valence-electron chi connectivity index (χ1n) is 15.0. The summed E-state index contributed by atoms with van der Waals surface area (Å²) in [6.45, 7) is 1.88. The average Bonchev–Trinajstić information content (AvgIpc) is 3.42. The van der Waals surface area contributed by atoms with Gasteiger partial charge in [0, 0.05) is 23.4 Å². The lowest BCUT2D eigenvalue weighted by Gasteiger charge is -2.33. The van der Waals surface area contributed by atoms with Crippen LogP contribution in [0.1, 0.15) is 43.2 Å². The smallest absolute Gasteiger partial charge is 0.326 e. The van der Waals surface area contributed by atoms with Crippen LogP contribution in [0.25, 0.3) is 22.2 Å². The highest BCUT2D eigenvalue weighted by Gasteiger charge is 2.51. The van der Waals surface area contributed by atoms with Crippen LogP contribution in [0, 0.1) is 12.8 Å². The zero-order valence-electron chi connectivity index (χ0n) is 24.6. The summed E-state index contributed by atoms with van der Waals surface area (Å²) in [4.78, 5) is 31.0. The van der Waals surface area contributed by atoms with Crippen LogP contribution in [0.5, 0.6) is 0 Å². The second kappa shape index (κ2) is 12.7. The molecule has 2 fully saturated rings. The number of aryl methyl sites for hydroxylation is 1. The molecule has 8 nitrogen and oxygen atoms in total. The fourth-order valence-electron chi connectivity index (χ4n) is 6.71. The molecule has 6 rings (SSSR count). The predicted octanol–water partition coefficient (Wildman–Crippen LogP) is 6.65. The Morgan fingerprint density at radius 1 is 1.00 bits per heavy atom. The zero-order valence-corrected chi connectivity index (χ0v) is 26.9. The van der Waals surface area contributed by atoms with Gasteiger partial charge in [0.05, 0.1) is 26.2 Å². The molecule has 1 aromatic heterocycles. The molecule has 3 aromatic carbocycles. The fourth-order valence-corrected chi connectivity index (χ4v) is 9.17. The molecule has 4 atom stereocenters. The Bertz CT molecular complexity index is 1860. The van der Waals surface area contributed by atoms with Crippen LogP contribution in [0.2, 0.25) is 10.0 Å². The van der Waals surface area contributed by atoms with Crippen molar-refractivity contribution >= 4 is 56.0 Å². The van der Waals surface area contributed by atoms with E-state index < -0.39 is 34.0 Å². The van der Waals surface area contributed by atoms with E-state index in [4.69, 9.17) is 28.2 Å². The summed E-state index contributed by atoms with van der Waals surface area (Å²) >= 11 is 12.7. The molecule has 1 saturated carbocycles. The number of nitrogens with one attached hydrogen (secondary N) is 1. The van der Waals surface area contributed by atoms with Crippen molar-refractivity contribution in [2.45, 2.75) is 68.5 Å². The molecule has 1 aliphatic carbocycles. The van der Waals surface area contributed by atoms with Crippen molar-refractivity contribution in [3.05, 3.63) is 94.0 Å². The maximum atomic E-state index is 13.9. The van der Waals surface area contributed by atoms with Gasteiger partial charge in [-0.05, 0) is 80.1 Å². The van der Waals surface area contributed by atoms with E-state index in [0.717, 1.165) is 30.2 Å². The first-order chi connectivity index (χ1) is 21.5. The van der Waals surface area contributed by atoms with Crippen LogP contribution in [0.3, 0.4) is 0 Å². The summed E-state index contributed by atoms with van der Waals surface area (Å²) in [5.41, 5.74) is 3.53. The Hall–Kier alpha value is -3.50. The number of carboxylic acid groups (broad SMARTS) is 1. The first-order valence-corrected chi connectivity index (χ1v) is 17.2. The maximum absolute atomic E-state index is 13.9. The zero-order chi connectivity index (χ0) is 31.9.